The van der Waals surface area contributed by atoms with E-state index in [9.17, 15) is 0 Å². The van der Waals surface area contributed by atoms with Crippen LogP contribution in [0.25, 0.3) is 0 Å². The standard InChI is InChI=1S/C11H22N4S2.BrH/c1-8(2)9-7-15(6-5-12-9)11-13-10(14(3)4)16-17-11;/h8-9,11-12H,5-7H2,1-4H3;1H. The van der Waals surface area contributed by atoms with E-state index in [1.54, 1.807) is 10.8 Å². The van der Waals surface area contributed by atoms with Gasteiger partial charge in [0.25, 0.3) is 0 Å². The molecule has 0 aromatic carbocycles. The molecule has 7 heteroatoms. The Morgan fingerprint density at radius 1 is 1.44 bits per heavy atom. The Morgan fingerprint density at radius 2 is 2.17 bits per heavy atom. The summed E-state index contributed by atoms with van der Waals surface area (Å²) < 4.78 is 0. The average Bonchev–Trinajstić information content (AvgIpc) is 2.78. The summed E-state index contributed by atoms with van der Waals surface area (Å²) >= 11 is 0. The van der Waals surface area contributed by atoms with Crippen LogP contribution in [0.15, 0.2) is 4.99 Å². The normalized spacial score (nSPS) is 29.1. The zero-order valence-corrected chi connectivity index (χ0v) is 14.8. The average molecular weight is 355 g/mol. The Hall–Kier alpha value is 0.570. The molecular weight excluding hydrogens is 332 g/mol. The van der Waals surface area contributed by atoms with Crippen molar-refractivity contribution in [2.75, 3.05) is 33.7 Å². The minimum absolute atomic E-state index is 0. The Kier molecular flexibility index (Phi) is 6.81. The number of rotatable bonds is 2. The topological polar surface area (TPSA) is 30.9 Å². The molecule has 1 saturated heterocycles. The third kappa shape index (κ3) is 4.03. The fraction of sp³-hybridized carbons (Fsp3) is 0.909. The number of hydrogen-bond donors (Lipinski definition) is 1. The highest BCUT2D eigenvalue weighted by Gasteiger charge is 2.31. The van der Waals surface area contributed by atoms with Crippen molar-refractivity contribution in [3.05, 3.63) is 0 Å². The molecule has 2 atom stereocenters. The Balaban J connectivity index is 0.00000162. The summed E-state index contributed by atoms with van der Waals surface area (Å²) in [5.74, 6) is 0.689. The van der Waals surface area contributed by atoms with E-state index in [1.807, 2.05) is 10.8 Å². The lowest BCUT2D eigenvalue weighted by Crippen LogP contribution is -2.54. The molecule has 18 heavy (non-hydrogen) atoms. The SMILES string of the molecule is Br.CC(C)C1CN(C2N=C(N(C)C)SS2)CCN1. The van der Waals surface area contributed by atoms with Crippen molar-refractivity contribution in [2.45, 2.75) is 25.4 Å². The van der Waals surface area contributed by atoms with Crippen LogP contribution in [-0.4, -0.2) is 60.2 Å². The van der Waals surface area contributed by atoms with Gasteiger partial charge in [0, 0.05) is 39.8 Å². The second-order valence-electron chi connectivity index (χ2n) is 5.11. The summed E-state index contributed by atoms with van der Waals surface area (Å²) in [5, 5.41) is 4.73. The van der Waals surface area contributed by atoms with E-state index in [2.05, 4.69) is 43.1 Å². The molecule has 0 aromatic heterocycles. The van der Waals surface area contributed by atoms with E-state index < -0.39 is 0 Å². The molecule has 2 unspecified atom stereocenters. The molecule has 2 aliphatic heterocycles. The van der Waals surface area contributed by atoms with E-state index in [4.69, 9.17) is 4.99 Å². The molecule has 2 heterocycles. The molecule has 1 fully saturated rings. The molecule has 106 valence electrons. The van der Waals surface area contributed by atoms with Crippen LogP contribution in [0, 0.1) is 5.92 Å². The van der Waals surface area contributed by atoms with Gasteiger partial charge in [-0.3, -0.25) is 4.90 Å². The van der Waals surface area contributed by atoms with E-state index in [0.717, 1.165) is 24.8 Å². The molecule has 4 nitrogen and oxygen atoms in total. The number of halogens is 1. The first kappa shape index (κ1) is 16.6. The summed E-state index contributed by atoms with van der Waals surface area (Å²) in [6.07, 6.45) is 0. The van der Waals surface area contributed by atoms with Gasteiger partial charge in [-0.2, -0.15) is 0 Å². The summed E-state index contributed by atoms with van der Waals surface area (Å²) in [6, 6.07) is 0.605. The van der Waals surface area contributed by atoms with Crippen molar-refractivity contribution in [1.82, 2.24) is 15.1 Å². The molecule has 2 aliphatic rings. The third-order valence-corrected chi connectivity index (χ3v) is 5.71. The van der Waals surface area contributed by atoms with E-state index in [0.29, 0.717) is 17.5 Å². The lowest BCUT2D eigenvalue weighted by atomic mass is 10.0. The summed E-state index contributed by atoms with van der Waals surface area (Å²) in [7, 11) is 7.78. The highest BCUT2D eigenvalue weighted by atomic mass is 79.9. The van der Waals surface area contributed by atoms with Crippen molar-refractivity contribution in [2.24, 2.45) is 10.9 Å². The number of piperazine rings is 1. The van der Waals surface area contributed by atoms with Crippen LogP contribution in [0.3, 0.4) is 0 Å². The van der Waals surface area contributed by atoms with Gasteiger partial charge in [-0.25, -0.2) is 4.99 Å². The van der Waals surface area contributed by atoms with Crippen LogP contribution in [0.2, 0.25) is 0 Å². The number of aliphatic imine (C=N–C) groups is 1. The third-order valence-electron chi connectivity index (χ3n) is 3.17. The second-order valence-corrected chi connectivity index (χ2v) is 7.33. The molecule has 0 radical (unpaired) electrons. The highest BCUT2D eigenvalue weighted by molar-refractivity contribution is 8.93. The maximum absolute atomic E-state index is 4.77. The first-order valence-electron chi connectivity index (χ1n) is 6.14. The molecule has 0 aromatic rings. The molecule has 2 rings (SSSR count). The van der Waals surface area contributed by atoms with Gasteiger partial charge in [-0.1, -0.05) is 13.8 Å². The molecule has 1 N–H and O–H groups in total. The van der Waals surface area contributed by atoms with Crippen LogP contribution >= 0.6 is 38.6 Å². The van der Waals surface area contributed by atoms with E-state index >= 15 is 0 Å². The number of amidine groups is 1. The molecule has 0 aliphatic carbocycles. The minimum Gasteiger partial charge on any atom is -0.357 e. The number of nitrogens with one attached hydrogen (secondary N) is 1. The second kappa shape index (κ2) is 7.38. The summed E-state index contributed by atoms with van der Waals surface area (Å²) in [6.45, 7) is 7.86. The molecule has 0 saturated carbocycles. The number of nitrogens with zero attached hydrogens (tertiary/aromatic N) is 3. The predicted octanol–water partition coefficient (Wildman–Crippen LogP) is 2.09. The maximum Gasteiger partial charge on any atom is 0.172 e. The fourth-order valence-electron chi connectivity index (χ4n) is 2.01. The van der Waals surface area contributed by atoms with Crippen molar-refractivity contribution in [3.8, 4) is 0 Å². The summed E-state index contributed by atoms with van der Waals surface area (Å²) in [4.78, 5) is 9.36. The van der Waals surface area contributed by atoms with Gasteiger partial charge in [-0.05, 0) is 27.5 Å². The van der Waals surface area contributed by atoms with Crippen molar-refractivity contribution >= 4 is 43.7 Å². The Morgan fingerprint density at radius 3 is 2.72 bits per heavy atom. The fourth-order valence-corrected chi connectivity index (χ4v) is 4.58. The van der Waals surface area contributed by atoms with Crippen LogP contribution in [0.4, 0.5) is 0 Å². The van der Waals surface area contributed by atoms with Crippen LogP contribution in [0.1, 0.15) is 13.8 Å². The van der Waals surface area contributed by atoms with E-state index in [1.165, 1.54) is 0 Å². The molecular formula is C11H23BrN4S2. The van der Waals surface area contributed by atoms with Gasteiger partial charge in [0.15, 0.2) is 10.7 Å². The first-order chi connectivity index (χ1) is 8.08. The van der Waals surface area contributed by atoms with Gasteiger partial charge in [0.2, 0.25) is 0 Å². The molecule has 0 spiro atoms. The zero-order valence-electron chi connectivity index (χ0n) is 11.4. The van der Waals surface area contributed by atoms with Gasteiger partial charge in [0.05, 0.1) is 0 Å². The minimum atomic E-state index is 0. The predicted molar refractivity (Wildman–Crippen MR) is 88.6 cm³/mol. The van der Waals surface area contributed by atoms with Crippen molar-refractivity contribution in [3.63, 3.8) is 0 Å². The highest BCUT2D eigenvalue weighted by Crippen LogP contribution is 2.38. The van der Waals surface area contributed by atoms with Crippen molar-refractivity contribution in [1.29, 1.82) is 0 Å². The largest absolute Gasteiger partial charge is 0.357 e. The van der Waals surface area contributed by atoms with Gasteiger partial charge in [-0.15, -0.1) is 17.0 Å². The number of hydrogen-bond acceptors (Lipinski definition) is 6. The van der Waals surface area contributed by atoms with Crippen molar-refractivity contribution < 1.29 is 0 Å². The van der Waals surface area contributed by atoms with Crippen LogP contribution in [0.5, 0.6) is 0 Å². The quantitative estimate of drug-likeness (QED) is 0.767. The summed E-state index contributed by atoms with van der Waals surface area (Å²) in [5.41, 5.74) is 0.306. The van der Waals surface area contributed by atoms with Crippen LogP contribution in [-0.2, 0) is 0 Å². The van der Waals surface area contributed by atoms with Gasteiger partial charge >= 0.3 is 0 Å². The van der Waals surface area contributed by atoms with Crippen LogP contribution < -0.4 is 5.32 Å². The Labute approximate surface area is 129 Å². The molecule has 0 amide bonds. The van der Waals surface area contributed by atoms with Gasteiger partial charge in [0.1, 0.15) is 0 Å². The smallest absolute Gasteiger partial charge is 0.172 e. The zero-order chi connectivity index (χ0) is 12.4. The molecule has 0 bridgehead atoms. The lowest BCUT2D eigenvalue weighted by Gasteiger charge is -2.37. The Bertz CT molecular complexity index is 299. The maximum atomic E-state index is 4.77. The monoisotopic (exact) mass is 354 g/mol. The van der Waals surface area contributed by atoms with E-state index in [-0.39, 0.29) is 17.0 Å². The lowest BCUT2D eigenvalue weighted by molar-refractivity contribution is 0.167. The first-order valence-corrected chi connectivity index (χ1v) is 8.35. The van der Waals surface area contributed by atoms with Gasteiger partial charge < -0.3 is 10.2 Å².